The maximum atomic E-state index is 12.7. The van der Waals surface area contributed by atoms with Gasteiger partial charge in [0.2, 0.25) is 5.91 Å². The number of hydrogen-bond acceptors (Lipinski definition) is 4. The van der Waals surface area contributed by atoms with Gasteiger partial charge in [-0.3, -0.25) is 9.69 Å². The molecule has 2 fully saturated rings. The predicted octanol–water partition coefficient (Wildman–Crippen LogP) is 7.39. The third kappa shape index (κ3) is 6.37. The molecule has 1 amide bonds. The molecule has 2 aliphatic heterocycles. The van der Waals surface area contributed by atoms with E-state index in [1.807, 2.05) is 29.2 Å². The number of likely N-dealkylation sites (tertiary alicyclic amines) is 2. The SMILES string of the molecule is C.C.COc1ccc2c(c1)CC1(C2)CN(Cc2ccccc2)C1.COc1ccc2c(c1)CC1(C2)CN(Cc2ccccc2)C1=O. The van der Waals surface area contributed by atoms with Crippen molar-refractivity contribution >= 4 is 5.91 Å². The molecule has 0 bridgehead atoms. The van der Waals surface area contributed by atoms with Gasteiger partial charge in [0.1, 0.15) is 11.5 Å². The lowest BCUT2D eigenvalue weighted by Crippen LogP contribution is -2.61. The molecular formula is C40H48N2O3. The summed E-state index contributed by atoms with van der Waals surface area (Å²) in [6.45, 7) is 5.11. The molecule has 2 heterocycles. The maximum absolute atomic E-state index is 12.7. The fraction of sp³-hybridized carbons (Fsp3) is 0.375. The number of fused-ring (bicyclic) bond motifs is 2. The van der Waals surface area contributed by atoms with Gasteiger partial charge in [0.15, 0.2) is 0 Å². The molecule has 5 heteroatoms. The van der Waals surface area contributed by atoms with Gasteiger partial charge in [-0.25, -0.2) is 0 Å². The van der Waals surface area contributed by atoms with Crippen LogP contribution < -0.4 is 9.47 Å². The van der Waals surface area contributed by atoms with Gasteiger partial charge in [0.25, 0.3) is 0 Å². The lowest BCUT2D eigenvalue weighted by Gasteiger charge is -2.48. The summed E-state index contributed by atoms with van der Waals surface area (Å²) in [4.78, 5) is 17.2. The van der Waals surface area contributed by atoms with Crippen LogP contribution in [0.2, 0.25) is 0 Å². The molecule has 1 unspecified atom stereocenters. The molecule has 5 nitrogen and oxygen atoms in total. The van der Waals surface area contributed by atoms with E-state index >= 15 is 0 Å². The Hall–Kier alpha value is -4.09. The van der Waals surface area contributed by atoms with Crippen molar-refractivity contribution in [3.05, 3.63) is 130 Å². The Morgan fingerprint density at radius 3 is 1.64 bits per heavy atom. The van der Waals surface area contributed by atoms with E-state index in [4.69, 9.17) is 9.47 Å². The minimum atomic E-state index is -0.191. The molecule has 4 aromatic carbocycles. The lowest BCUT2D eigenvalue weighted by atomic mass is 9.76. The summed E-state index contributed by atoms with van der Waals surface area (Å²) in [7, 11) is 3.43. The first-order valence-electron chi connectivity index (χ1n) is 15.4. The normalized spacial score (nSPS) is 20.0. The van der Waals surface area contributed by atoms with Crippen molar-refractivity contribution in [1.82, 2.24) is 9.80 Å². The summed E-state index contributed by atoms with van der Waals surface area (Å²) in [5.41, 5.74) is 8.50. The average Bonchev–Trinajstić information content (AvgIpc) is 3.61. The van der Waals surface area contributed by atoms with Crippen LogP contribution in [-0.2, 0) is 43.6 Å². The highest BCUT2D eigenvalue weighted by atomic mass is 16.5. The Morgan fingerprint density at radius 2 is 1.09 bits per heavy atom. The third-order valence-electron chi connectivity index (χ3n) is 9.83. The number of carbonyl (C=O) groups excluding carboxylic acids is 1. The number of rotatable bonds is 6. The van der Waals surface area contributed by atoms with Crippen LogP contribution in [0.15, 0.2) is 97.1 Å². The van der Waals surface area contributed by atoms with Crippen LogP contribution in [0.1, 0.15) is 48.2 Å². The molecule has 2 aliphatic carbocycles. The molecule has 0 saturated carbocycles. The first-order valence-corrected chi connectivity index (χ1v) is 15.4. The van der Waals surface area contributed by atoms with E-state index in [0.717, 1.165) is 44.0 Å². The van der Waals surface area contributed by atoms with Gasteiger partial charge in [-0.15, -0.1) is 0 Å². The Labute approximate surface area is 269 Å². The number of amides is 1. The highest BCUT2D eigenvalue weighted by Gasteiger charge is 2.54. The van der Waals surface area contributed by atoms with E-state index in [1.54, 1.807) is 14.2 Å². The molecule has 236 valence electrons. The van der Waals surface area contributed by atoms with Crippen LogP contribution in [0, 0.1) is 10.8 Å². The highest BCUT2D eigenvalue weighted by molar-refractivity contribution is 5.90. The van der Waals surface area contributed by atoms with Gasteiger partial charge in [-0.2, -0.15) is 0 Å². The standard InChI is InChI=1S/C19H19NO2.C19H21NO.2CH4/c1-22-17-8-7-15-10-19(11-16(15)9-17)13-20(18(19)21)12-14-5-3-2-4-6-14;1-21-18-8-7-16-10-19(11-17(16)9-18)13-20(14-19)12-15-5-3-2-4-6-15;;/h2-9H,10-13H2,1H3;2-9H,10-14H2,1H3;2*1H4. The quantitative estimate of drug-likeness (QED) is 0.215. The Morgan fingerprint density at radius 1 is 0.600 bits per heavy atom. The van der Waals surface area contributed by atoms with Crippen LogP contribution in [0.5, 0.6) is 11.5 Å². The maximum Gasteiger partial charge on any atom is 0.231 e. The van der Waals surface area contributed by atoms with Crippen molar-refractivity contribution in [3.63, 3.8) is 0 Å². The molecule has 0 radical (unpaired) electrons. The van der Waals surface area contributed by atoms with Gasteiger partial charge in [0.05, 0.1) is 19.6 Å². The molecule has 8 rings (SSSR count). The molecule has 4 aliphatic rings. The zero-order valence-electron chi connectivity index (χ0n) is 25.2. The summed E-state index contributed by atoms with van der Waals surface area (Å²) in [6.07, 6.45) is 4.17. The van der Waals surface area contributed by atoms with Gasteiger partial charge in [-0.05, 0) is 83.3 Å². The van der Waals surface area contributed by atoms with Crippen LogP contribution in [0.25, 0.3) is 0 Å². The van der Waals surface area contributed by atoms with Crippen molar-refractivity contribution in [3.8, 4) is 11.5 Å². The summed E-state index contributed by atoms with van der Waals surface area (Å²) in [5, 5.41) is 0. The topological polar surface area (TPSA) is 42.0 Å². The molecule has 4 aromatic rings. The van der Waals surface area contributed by atoms with Crippen LogP contribution in [0.4, 0.5) is 0 Å². The molecule has 45 heavy (non-hydrogen) atoms. The number of β-lactam (4-membered cyclic amide) rings is 1. The zero-order chi connectivity index (χ0) is 29.4. The highest BCUT2D eigenvalue weighted by Crippen LogP contribution is 2.47. The molecule has 2 saturated heterocycles. The molecule has 0 N–H and O–H groups in total. The van der Waals surface area contributed by atoms with E-state index in [2.05, 4.69) is 77.7 Å². The van der Waals surface area contributed by atoms with E-state index in [1.165, 1.54) is 59.3 Å². The predicted molar refractivity (Wildman–Crippen MR) is 183 cm³/mol. The zero-order valence-corrected chi connectivity index (χ0v) is 25.2. The van der Waals surface area contributed by atoms with Gasteiger partial charge >= 0.3 is 0 Å². The first-order chi connectivity index (χ1) is 21.0. The Balaban J connectivity index is 0.000000170. The van der Waals surface area contributed by atoms with Crippen molar-refractivity contribution < 1.29 is 14.3 Å². The monoisotopic (exact) mass is 604 g/mol. The van der Waals surface area contributed by atoms with Crippen LogP contribution in [-0.4, -0.2) is 49.6 Å². The lowest BCUT2D eigenvalue weighted by molar-refractivity contribution is -0.160. The fourth-order valence-electron chi connectivity index (χ4n) is 7.82. The van der Waals surface area contributed by atoms with E-state index in [0.29, 0.717) is 11.3 Å². The number of carbonyl (C=O) groups is 1. The molecule has 1 atom stereocenters. The first kappa shape index (κ1) is 32.3. The second-order valence-corrected chi connectivity index (χ2v) is 13.0. The van der Waals surface area contributed by atoms with E-state index in [9.17, 15) is 4.79 Å². The van der Waals surface area contributed by atoms with E-state index < -0.39 is 0 Å². The Bertz CT molecular complexity index is 1610. The third-order valence-corrected chi connectivity index (χ3v) is 9.83. The summed E-state index contributed by atoms with van der Waals surface area (Å²) in [6, 6.07) is 33.7. The summed E-state index contributed by atoms with van der Waals surface area (Å²) >= 11 is 0. The van der Waals surface area contributed by atoms with Crippen molar-refractivity contribution in [2.45, 2.75) is 53.6 Å². The number of hydrogen-bond donors (Lipinski definition) is 0. The van der Waals surface area contributed by atoms with Gasteiger partial charge in [-0.1, -0.05) is 87.6 Å². The minimum absolute atomic E-state index is 0. The summed E-state index contributed by atoms with van der Waals surface area (Å²) < 4.78 is 10.6. The molecular weight excluding hydrogens is 556 g/mol. The van der Waals surface area contributed by atoms with Crippen LogP contribution in [0.3, 0.4) is 0 Å². The van der Waals surface area contributed by atoms with Crippen molar-refractivity contribution in [2.75, 3.05) is 33.9 Å². The van der Waals surface area contributed by atoms with Gasteiger partial charge < -0.3 is 14.4 Å². The fourth-order valence-corrected chi connectivity index (χ4v) is 7.82. The number of ether oxygens (including phenoxy) is 2. The Kier molecular flexibility index (Phi) is 9.41. The van der Waals surface area contributed by atoms with Crippen molar-refractivity contribution in [1.29, 1.82) is 0 Å². The minimum Gasteiger partial charge on any atom is -0.497 e. The number of nitrogens with zero attached hydrogens (tertiary/aromatic N) is 2. The van der Waals surface area contributed by atoms with Gasteiger partial charge in [0, 0.05) is 38.1 Å². The second-order valence-electron chi connectivity index (χ2n) is 13.0. The number of methoxy groups -OCH3 is 2. The number of benzene rings is 4. The van der Waals surface area contributed by atoms with Crippen molar-refractivity contribution in [2.24, 2.45) is 10.8 Å². The molecule has 0 aromatic heterocycles. The summed E-state index contributed by atoms with van der Waals surface area (Å²) in [5.74, 6) is 2.17. The smallest absolute Gasteiger partial charge is 0.231 e. The second kappa shape index (κ2) is 13.1. The van der Waals surface area contributed by atoms with E-state index in [-0.39, 0.29) is 20.3 Å². The average molecular weight is 605 g/mol. The molecule has 2 spiro atoms. The van der Waals surface area contributed by atoms with Crippen LogP contribution >= 0.6 is 0 Å². The largest absolute Gasteiger partial charge is 0.497 e.